The smallest absolute Gasteiger partial charge is 0.278 e. The van der Waals surface area contributed by atoms with Crippen molar-refractivity contribution in [3.63, 3.8) is 0 Å². The number of hydrogen-bond donors (Lipinski definition) is 0. The van der Waals surface area contributed by atoms with Crippen LogP contribution in [0.3, 0.4) is 0 Å². The quantitative estimate of drug-likeness (QED) is 0.858. The number of carbonyl (C=O) groups excluding carboxylic acids is 1. The highest BCUT2D eigenvalue weighted by Crippen LogP contribution is 2.21. The van der Waals surface area contributed by atoms with Gasteiger partial charge in [-0.25, -0.2) is 9.97 Å². The number of piperazine rings is 1. The SMILES string of the molecule is CCOc1nc2ccccc2nc1C(=O)N1CCN(C)CC1. The van der Waals surface area contributed by atoms with Crippen molar-refractivity contribution in [2.24, 2.45) is 0 Å². The summed E-state index contributed by atoms with van der Waals surface area (Å²) in [5, 5.41) is 0. The number of nitrogens with zero attached hydrogens (tertiary/aromatic N) is 4. The summed E-state index contributed by atoms with van der Waals surface area (Å²) in [5.41, 5.74) is 1.76. The van der Waals surface area contributed by atoms with E-state index in [2.05, 4.69) is 21.9 Å². The van der Waals surface area contributed by atoms with Crippen molar-refractivity contribution in [3.05, 3.63) is 30.0 Å². The minimum absolute atomic E-state index is 0.102. The topological polar surface area (TPSA) is 58.6 Å². The van der Waals surface area contributed by atoms with E-state index in [9.17, 15) is 4.79 Å². The molecule has 116 valence electrons. The van der Waals surface area contributed by atoms with E-state index in [4.69, 9.17) is 4.74 Å². The lowest BCUT2D eigenvalue weighted by atomic mass is 10.2. The van der Waals surface area contributed by atoms with Gasteiger partial charge in [0.05, 0.1) is 17.6 Å². The van der Waals surface area contributed by atoms with E-state index < -0.39 is 0 Å². The third-order valence-corrected chi connectivity index (χ3v) is 3.81. The highest BCUT2D eigenvalue weighted by Gasteiger charge is 2.25. The largest absolute Gasteiger partial charge is 0.476 e. The van der Waals surface area contributed by atoms with Crippen LogP contribution in [0.4, 0.5) is 0 Å². The Balaban J connectivity index is 1.96. The number of aromatic nitrogens is 2. The van der Waals surface area contributed by atoms with E-state index in [0.29, 0.717) is 36.8 Å². The van der Waals surface area contributed by atoms with Crippen LogP contribution in [0.2, 0.25) is 0 Å². The van der Waals surface area contributed by atoms with Gasteiger partial charge in [0.25, 0.3) is 5.91 Å². The Morgan fingerprint density at radius 2 is 1.77 bits per heavy atom. The molecule has 22 heavy (non-hydrogen) atoms. The Morgan fingerprint density at radius 1 is 1.14 bits per heavy atom. The van der Waals surface area contributed by atoms with Crippen LogP contribution in [-0.4, -0.2) is 65.5 Å². The average molecular weight is 300 g/mol. The molecule has 0 radical (unpaired) electrons. The van der Waals surface area contributed by atoms with Gasteiger partial charge in [-0.15, -0.1) is 0 Å². The van der Waals surface area contributed by atoms with Crippen LogP contribution in [-0.2, 0) is 0 Å². The summed E-state index contributed by atoms with van der Waals surface area (Å²) in [4.78, 5) is 25.7. The number of carbonyl (C=O) groups is 1. The predicted octanol–water partition coefficient (Wildman–Crippen LogP) is 1.42. The molecule has 0 saturated carbocycles. The molecule has 1 amide bonds. The summed E-state index contributed by atoms with van der Waals surface area (Å²) < 4.78 is 5.55. The van der Waals surface area contributed by atoms with Crippen molar-refractivity contribution in [2.45, 2.75) is 6.92 Å². The second kappa shape index (κ2) is 6.27. The third kappa shape index (κ3) is 2.87. The number of ether oxygens (including phenoxy) is 1. The fourth-order valence-electron chi connectivity index (χ4n) is 2.52. The van der Waals surface area contributed by atoms with Crippen LogP contribution in [0.1, 0.15) is 17.4 Å². The zero-order valence-corrected chi connectivity index (χ0v) is 13.0. The van der Waals surface area contributed by atoms with E-state index in [1.54, 1.807) is 0 Å². The molecule has 1 aliphatic rings. The summed E-state index contributed by atoms with van der Waals surface area (Å²) in [6.07, 6.45) is 0. The van der Waals surface area contributed by atoms with Gasteiger partial charge < -0.3 is 14.5 Å². The summed E-state index contributed by atoms with van der Waals surface area (Å²) in [6.45, 7) is 5.48. The fraction of sp³-hybridized carbons (Fsp3) is 0.438. The van der Waals surface area contributed by atoms with Gasteiger partial charge in [0, 0.05) is 26.2 Å². The van der Waals surface area contributed by atoms with Gasteiger partial charge in [0.2, 0.25) is 5.88 Å². The third-order valence-electron chi connectivity index (χ3n) is 3.81. The maximum atomic E-state index is 12.8. The molecule has 1 fully saturated rings. The maximum Gasteiger partial charge on any atom is 0.278 e. The van der Waals surface area contributed by atoms with Crippen molar-refractivity contribution in [1.82, 2.24) is 19.8 Å². The molecule has 2 aromatic rings. The number of hydrogen-bond acceptors (Lipinski definition) is 5. The minimum atomic E-state index is -0.102. The van der Waals surface area contributed by atoms with Crippen molar-refractivity contribution >= 4 is 16.9 Å². The second-order valence-electron chi connectivity index (χ2n) is 5.39. The molecule has 6 nitrogen and oxygen atoms in total. The van der Waals surface area contributed by atoms with E-state index in [0.717, 1.165) is 18.6 Å². The Morgan fingerprint density at radius 3 is 2.41 bits per heavy atom. The van der Waals surface area contributed by atoms with Gasteiger partial charge in [-0.05, 0) is 26.1 Å². The van der Waals surface area contributed by atoms with E-state index in [1.165, 1.54) is 0 Å². The minimum Gasteiger partial charge on any atom is -0.476 e. The zero-order valence-electron chi connectivity index (χ0n) is 13.0. The number of para-hydroxylation sites is 2. The summed E-state index contributed by atoms with van der Waals surface area (Å²) >= 11 is 0. The van der Waals surface area contributed by atoms with E-state index >= 15 is 0 Å². The van der Waals surface area contributed by atoms with Crippen LogP contribution in [0.25, 0.3) is 11.0 Å². The van der Waals surface area contributed by atoms with E-state index in [-0.39, 0.29) is 5.91 Å². The maximum absolute atomic E-state index is 12.8. The molecule has 0 N–H and O–H groups in total. The summed E-state index contributed by atoms with van der Waals surface area (Å²) in [5.74, 6) is 0.222. The van der Waals surface area contributed by atoms with Crippen LogP contribution >= 0.6 is 0 Å². The lowest BCUT2D eigenvalue weighted by molar-refractivity contribution is 0.0653. The first-order valence-electron chi connectivity index (χ1n) is 7.56. The monoisotopic (exact) mass is 300 g/mol. The summed E-state index contributed by atoms with van der Waals surface area (Å²) in [7, 11) is 2.06. The Labute approximate surface area is 129 Å². The first kappa shape index (κ1) is 14.7. The molecule has 1 aromatic carbocycles. The second-order valence-corrected chi connectivity index (χ2v) is 5.39. The Bertz CT molecular complexity index is 681. The van der Waals surface area contributed by atoms with Crippen molar-refractivity contribution < 1.29 is 9.53 Å². The first-order chi connectivity index (χ1) is 10.7. The van der Waals surface area contributed by atoms with Crippen LogP contribution in [0, 0.1) is 0 Å². The molecule has 0 aliphatic carbocycles. The van der Waals surface area contributed by atoms with Crippen molar-refractivity contribution in [1.29, 1.82) is 0 Å². The average Bonchev–Trinajstić information content (AvgIpc) is 2.54. The molecular formula is C16H20N4O2. The highest BCUT2D eigenvalue weighted by molar-refractivity contribution is 5.96. The van der Waals surface area contributed by atoms with Crippen LogP contribution < -0.4 is 4.74 Å². The van der Waals surface area contributed by atoms with Crippen molar-refractivity contribution in [2.75, 3.05) is 39.8 Å². The number of amides is 1. The Kier molecular flexibility index (Phi) is 4.20. The summed E-state index contributed by atoms with van der Waals surface area (Å²) in [6, 6.07) is 7.52. The van der Waals surface area contributed by atoms with Gasteiger partial charge in [-0.1, -0.05) is 12.1 Å². The number of rotatable bonds is 3. The highest BCUT2D eigenvalue weighted by atomic mass is 16.5. The van der Waals surface area contributed by atoms with Gasteiger partial charge >= 0.3 is 0 Å². The molecule has 1 saturated heterocycles. The molecule has 1 aliphatic heterocycles. The lowest BCUT2D eigenvalue weighted by Crippen LogP contribution is -2.47. The van der Waals surface area contributed by atoms with Gasteiger partial charge in [-0.2, -0.15) is 0 Å². The molecule has 3 rings (SSSR count). The molecule has 2 heterocycles. The van der Waals surface area contributed by atoms with Crippen LogP contribution in [0.15, 0.2) is 24.3 Å². The standard InChI is InChI=1S/C16H20N4O2/c1-3-22-15-14(16(21)20-10-8-19(2)9-11-20)17-12-6-4-5-7-13(12)18-15/h4-7H,3,8-11H2,1-2H3. The normalized spacial score (nSPS) is 16.0. The van der Waals surface area contributed by atoms with Crippen LogP contribution in [0.5, 0.6) is 5.88 Å². The number of fused-ring (bicyclic) bond motifs is 1. The molecule has 0 atom stereocenters. The molecule has 0 unspecified atom stereocenters. The predicted molar refractivity (Wildman–Crippen MR) is 84.1 cm³/mol. The fourth-order valence-corrected chi connectivity index (χ4v) is 2.52. The van der Waals surface area contributed by atoms with Crippen molar-refractivity contribution in [3.8, 4) is 5.88 Å². The lowest BCUT2D eigenvalue weighted by Gasteiger charge is -2.32. The molecule has 0 spiro atoms. The zero-order chi connectivity index (χ0) is 15.5. The van der Waals surface area contributed by atoms with E-state index in [1.807, 2.05) is 36.1 Å². The van der Waals surface area contributed by atoms with Gasteiger partial charge in [0.15, 0.2) is 5.69 Å². The molecular weight excluding hydrogens is 280 g/mol. The molecule has 6 heteroatoms. The number of likely N-dealkylation sites (N-methyl/N-ethyl adjacent to an activating group) is 1. The number of benzene rings is 1. The van der Waals surface area contributed by atoms with Gasteiger partial charge in [-0.3, -0.25) is 4.79 Å². The Hall–Kier alpha value is -2.21. The van der Waals surface area contributed by atoms with Gasteiger partial charge in [0.1, 0.15) is 0 Å². The molecule has 1 aromatic heterocycles. The molecule has 0 bridgehead atoms. The first-order valence-corrected chi connectivity index (χ1v) is 7.56.